The summed E-state index contributed by atoms with van der Waals surface area (Å²) < 4.78 is 0.843. The Labute approximate surface area is 120 Å². The van der Waals surface area contributed by atoms with Gasteiger partial charge in [-0.3, -0.25) is 9.59 Å². The number of piperidine rings is 1. The Balaban J connectivity index is 2.06. The van der Waals surface area contributed by atoms with Crippen molar-refractivity contribution in [3.63, 3.8) is 0 Å². The Bertz CT molecular complexity index is 472. The maximum atomic E-state index is 12.4. The summed E-state index contributed by atoms with van der Waals surface area (Å²) in [6, 6.07) is 1.80. The van der Waals surface area contributed by atoms with E-state index in [0.717, 1.165) is 23.7 Å². The SMILES string of the molecule is O=C(O)CC[C@@H]1CCCCN1C(=O)c1cc(Br)c[nH]1. The normalized spacial score (nSPS) is 19.4. The van der Waals surface area contributed by atoms with Gasteiger partial charge in [0.1, 0.15) is 5.69 Å². The number of nitrogens with one attached hydrogen (secondary N) is 1. The molecule has 6 heteroatoms. The van der Waals surface area contributed by atoms with Crippen LogP contribution in [0.4, 0.5) is 0 Å². The molecule has 0 spiro atoms. The molecular weight excluding hydrogens is 312 g/mol. The van der Waals surface area contributed by atoms with Crippen LogP contribution in [0.2, 0.25) is 0 Å². The smallest absolute Gasteiger partial charge is 0.303 e. The molecule has 19 heavy (non-hydrogen) atoms. The third-order valence-electron chi connectivity index (χ3n) is 3.46. The first-order chi connectivity index (χ1) is 9.08. The Morgan fingerprint density at radius 1 is 1.47 bits per heavy atom. The van der Waals surface area contributed by atoms with Crippen LogP contribution in [0, 0.1) is 0 Å². The summed E-state index contributed by atoms with van der Waals surface area (Å²) in [4.78, 5) is 27.8. The summed E-state index contributed by atoms with van der Waals surface area (Å²) in [6.07, 6.45) is 5.30. The first kappa shape index (κ1) is 14.1. The number of aromatic amines is 1. The predicted octanol–water partition coefficient (Wildman–Crippen LogP) is 2.64. The van der Waals surface area contributed by atoms with Crippen molar-refractivity contribution < 1.29 is 14.7 Å². The zero-order valence-electron chi connectivity index (χ0n) is 10.6. The lowest BCUT2D eigenvalue weighted by Gasteiger charge is -2.35. The fourth-order valence-electron chi connectivity index (χ4n) is 2.50. The van der Waals surface area contributed by atoms with Crippen LogP contribution in [0.3, 0.4) is 0 Å². The molecule has 1 aliphatic heterocycles. The third kappa shape index (κ3) is 3.59. The van der Waals surface area contributed by atoms with Gasteiger partial charge in [0.05, 0.1) is 0 Å². The standard InChI is InChI=1S/C13H17BrN2O3/c14-9-7-11(15-8-9)13(19)16-6-2-1-3-10(16)4-5-12(17)18/h7-8,10,15H,1-6H2,(H,17,18)/t10-/m0/s1. The van der Waals surface area contributed by atoms with Crippen molar-refractivity contribution in [2.75, 3.05) is 6.54 Å². The van der Waals surface area contributed by atoms with E-state index in [9.17, 15) is 9.59 Å². The Hall–Kier alpha value is -1.30. The number of carbonyl (C=O) groups is 2. The number of aliphatic carboxylic acids is 1. The van der Waals surface area contributed by atoms with Crippen LogP contribution in [0.25, 0.3) is 0 Å². The van der Waals surface area contributed by atoms with Crippen molar-refractivity contribution in [2.24, 2.45) is 0 Å². The first-order valence-electron chi connectivity index (χ1n) is 6.44. The highest BCUT2D eigenvalue weighted by Gasteiger charge is 2.28. The number of aromatic nitrogens is 1. The topological polar surface area (TPSA) is 73.4 Å². The minimum absolute atomic E-state index is 0.0409. The molecule has 2 N–H and O–H groups in total. The minimum Gasteiger partial charge on any atom is -0.481 e. The van der Waals surface area contributed by atoms with E-state index < -0.39 is 5.97 Å². The van der Waals surface area contributed by atoms with Gasteiger partial charge in [-0.1, -0.05) is 0 Å². The highest BCUT2D eigenvalue weighted by Crippen LogP contribution is 2.23. The summed E-state index contributed by atoms with van der Waals surface area (Å²) in [5.74, 6) is -0.846. The summed E-state index contributed by atoms with van der Waals surface area (Å²) in [6.45, 7) is 0.708. The van der Waals surface area contributed by atoms with Gasteiger partial charge in [0, 0.05) is 29.7 Å². The molecule has 0 aromatic carbocycles. The van der Waals surface area contributed by atoms with E-state index in [1.807, 2.05) is 4.90 Å². The van der Waals surface area contributed by atoms with Gasteiger partial charge in [-0.25, -0.2) is 0 Å². The number of nitrogens with zero attached hydrogens (tertiary/aromatic N) is 1. The average Bonchev–Trinajstić information content (AvgIpc) is 2.82. The van der Waals surface area contributed by atoms with E-state index in [-0.39, 0.29) is 18.4 Å². The van der Waals surface area contributed by atoms with Gasteiger partial charge in [0.2, 0.25) is 0 Å². The van der Waals surface area contributed by atoms with Crippen LogP contribution in [0.15, 0.2) is 16.7 Å². The highest BCUT2D eigenvalue weighted by atomic mass is 79.9. The molecule has 0 unspecified atom stereocenters. The molecule has 0 radical (unpaired) electrons. The summed E-state index contributed by atoms with van der Waals surface area (Å²) >= 11 is 3.31. The molecule has 0 saturated carbocycles. The monoisotopic (exact) mass is 328 g/mol. The lowest BCUT2D eigenvalue weighted by molar-refractivity contribution is -0.137. The summed E-state index contributed by atoms with van der Waals surface area (Å²) in [5.41, 5.74) is 0.550. The van der Waals surface area contributed by atoms with Gasteiger partial charge in [0.25, 0.3) is 5.91 Å². The predicted molar refractivity (Wildman–Crippen MR) is 74.0 cm³/mol. The molecular formula is C13H17BrN2O3. The van der Waals surface area contributed by atoms with Crippen LogP contribution in [0.5, 0.6) is 0 Å². The molecule has 1 fully saturated rings. The van der Waals surface area contributed by atoms with Crippen molar-refractivity contribution in [1.29, 1.82) is 0 Å². The Morgan fingerprint density at radius 2 is 2.26 bits per heavy atom. The lowest BCUT2D eigenvalue weighted by atomic mass is 9.97. The van der Waals surface area contributed by atoms with Crippen molar-refractivity contribution >= 4 is 27.8 Å². The van der Waals surface area contributed by atoms with E-state index in [1.165, 1.54) is 0 Å². The molecule has 0 bridgehead atoms. The number of halogens is 1. The second-order valence-electron chi connectivity index (χ2n) is 4.81. The highest BCUT2D eigenvalue weighted by molar-refractivity contribution is 9.10. The van der Waals surface area contributed by atoms with Crippen LogP contribution < -0.4 is 0 Å². The van der Waals surface area contributed by atoms with E-state index >= 15 is 0 Å². The number of rotatable bonds is 4. The van der Waals surface area contributed by atoms with Crippen molar-refractivity contribution in [3.8, 4) is 0 Å². The Kier molecular flexibility index (Phi) is 4.63. The molecule has 1 amide bonds. The van der Waals surface area contributed by atoms with Crippen molar-refractivity contribution in [2.45, 2.75) is 38.1 Å². The average molecular weight is 329 g/mol. The molecule has 2 rings (SSSR count). The number of hydrogen-bond donors (Lipinski definition) is 2. The van der Waals surface area contributed by atoms with Gasteiger partial charge in [-0.2, -0.15) is 0 Å². The van der Waals surface area contributed by atoms with Gasteiger partial charge < -0.3 is 15.0 Å². The number of carboxylic acids is 1. The fourth-order valence-corrected chi connectivity index (χ4v) is 2.85. The molecule has 0 aliphatic carbocycles. The van der Waals surface area contributed by atoms with E-state index in [2.05, 4.69) is 20.9 Å². The third-order valence-corrected chi connectivity index (χ3v) is 3.92. The second-order valence-corrected chi connectivity index (χ2v) is 5.73. The van der Waals surface area contributed by atoms with Gasteiger partial charge in [-0.05, 0) is 47.7 Å². The zero-order valence-corrected chi connectivity index (χ0v) is 12.1. The molecule has 1 saturated heterocycles. The second kappa shape index (κ2) is 6.23. The number of carboxylic acid groups (broad SMARTS) is 1. The minimum atomic E-state index is -0.805. The van der Waals surface area contributed by atoms with Crippen LogP contribution >= 0.6 is 15.9 Å². The number of hydrogen-bond acceptors (Lipinski definition) is 2. The molecule has 2 heterocycles. The molecule has 1 atom stereocenters. The van der Waals surface area contributed by atoms with Crippen LogP contribution in [0.1, 0.15) is 42.6 Å². The zero-order chi connectivity index (χ0) is 13.8. The Morgan fingerprint density at radius 3 is 2.89 bits per heavy atom. The number of H-pyrrole nitrogens is 1. The molecule has 104 valence electrons. The quantitative estimate of drug-likeness (QED) is 0.892. The van der Waals surface area contributed by atoms with Crippen molar-refractivity contribution in [1.82, 2.24) is 9.88 Å². The molecule has 1 aromatic heterocycles. The molecule has 1 aliphatic rings. The maximum Gasteiger partial charge on any atom is 0.303 e. The summed E-state index contributed by atoms with van der Waals surface area (Å²) in [7, 11) is 0. The van der Waals surface area contributed by atoms with E-state index in [4.69, 9.17) is 5.11 Å². The lowest BCUT2D eigenvalue weighted by Crippen LogP contribution is -2.44. The fraction of sp³-hybridized carbons (Fsp3) is 0.538. The maximum absolute atomic E-state index is 12.4. The van der Waals surface area contributed by atoms with Crippen LogP contribution in [-0.4, -0.2) is 39.5 Å². The van der Waals surface area contributed by atoms with Gasteiger partial charge in [0.15, 0.2) is 0 Å². The first-order valence-corrected chi connectivity index (χ1v) is 7.24. The summed E-state index contributed by atoms with van der Waals surface area (Å²) in [5, 5.41) is 8.77. The largest absolute Gasteiger partial charge is 0.481 e. The number of carbonyl (C=O) groups excluding carboxylic acids is 1. The van der Waals surface area contributed by atoms with E-state index in [1.54, 1.807) is 12.3 Å². The number of amides is 1. The van der Waals surface area contributed by atoms with E-state index in [0.29, 0.717) is 18.7 Å². The van der Waals surface area contributed by atoms with Crippen molar-refractivity contribution in [3.05, 3.63) is 22.4 Å². The van der Waals surface area contributed by atoms with Gasteiger partial charge >= 0.3 is 5.97 Å². The van der Waals surface area contributed by atoms with Gasteiger partial charge in [-0.15, -0.1) is 0 Å². The molecule has 5 nitrogen and oxygen atoms in total. The number of likely N-dealkylation sites (tertiary alicyclic amines) is 1. The molecule has 1 aromatic rings. The van der Waals surface area contributed by atoms with Crippen LogP contribution in [-0.2, 0) is 4.79 Å².